The van der Waals surface area contributed by atoms with Gasteiger partial charge in [0.25, 0.3) is 0 Å². The molecule has 0 bridgehead atoms. The highest BCUT2D eigenvalue weighted by atomic mass is 79.9. The molecule has 22 heteroatoms. The quantitative estimate of drug-likeness (QED) is 0.0998. The highest BCUT2D eigenvalue weighted by Crippen LogP contribution is 2.35. The summed E-state index contributed by atoms with van der Waals surface area (Å²) in [7, 11) is 4.15. The summed E-state index contributed by atoms with van der Waals surface area (Å²) < 4.78 is 31.9. The summed E-state index contributed by atoms with van der Waals surface area (Å²) in [4.78, 5) is 76.0. The van der Waals surface area contributed by atoms with Crippen molar-refractivity contribution in [3.8, 4) is 0 Å². The second-order valence-electron chi connectivity index (χ2n) is 16.6. The van der Waals surface area contributed by atoms with E-state index in [1.165, 1.54) is 65.1 Å². The van der Waals surface area contributed by atoms with E-state index < -0.39 is 0 Å². The van der Waals surface area contributed by atoms with E-state index in [0.717, 1.165) is 59.1 Å². The number of carbonyl (C=O) groups excluding carboxylic acids is 6. The lowest BCUT2D eigenvalue weighted by Crippen LogP contribution is -2.08. The summed E-state index contributed by atoms with van der Waals surface area (Å²) in [5.74, 6) is -1.54. The number of aryl methyl sites for hydroxylation is 7. The molecule has 6 aromatic heterocycles. The second-order valence-corrected chi connectivity index (χ2v) is 28.2. The van der Waals surface area contributed by atoms with Crippen LogP contribution in [-0.4, -0.2) is 77.0 Å². The van der Waals surface area contributed by atoms with E-state index in [4.69, 9.17) is 42.1 Å². The number of ether oxygens (including phenoxy) is 6. The fraction of sp³-hybridized carbons (Fsp3) is 0.434. The summed E-state index contributed by atoms with van der Waals surface area (Å²) >= 11 is 27.5. The third-order valence-corrected chi connectivity index (χ3v) is 19.1. The van der Waals surface area contributed by atoms with Crippen LogP contribution in [0.25, 0.3) is 0 Å². The molecule has 0 atom stereocenters. The summed E-state index contributed by atoms with van der Waals surface area (Å²) in [6.45, 7) is 32.3. The molecule has 0 N–H and O–H groups in total. The number of methoxy groups -OCH3 is 3. The molecule has 0 spiro atoms. The molecule has 414 valence electrons. The molecular weight excluding hydrogens is 1250 g/mol. The Labute approximate surface area is 492 Å². The molecule has 0 amide bonds. The first-order chi connectivity index (χ1) is 34.9. The minimum Gasteiger partial charge on any atom is -0.465 e. The Morgan fingerprint density at radius 1 is 0.453 bits per heavy atom. The van der Waals surface area contributed by atoms with Crippen LogP contribution in [0, 0.1) is 69.2 Å². The zero-order chi connectivity index (χ0) is 57.8. The van der Waals surface area contributed by atoms with Crippen molar-refractivity contribution in [2.45, 2.75) is 116 Å². The monoisotopic (exact) mass is 1310 g/mol. The van der Waals surface area contributed by atoms with Crippen LogP contribution in [0.4, 0.5) is 0 Å². The van der Waals surface area contributed by atoms with Gasteiger partial charge in [-0.3, -0.25) is 0 Å². The molecule has 6 heterocycles. The van der Waals surface area contributed by atoms with Crippen molar-refractivity contribution in [3.63, 3.8) is 0 Å². The Morgan fingerprint density at radius 3 is 1.12 bits per heavy atom. The molecule has 0 aliphatic heterocycles. The number of carbonyl (C=O) groups is 6. The zero-order valence-electron chi connectivity index (χ0n) is 45.7. The molecule has 0 saturated carbocycles. The van der Waals surface area contributed by atoms with E-state index in [-0.39, 0.29) is 41.2 Å². The maximum Gasteiger partial charge on any atom is 0.339 e. The van der Waals surface area contributed by atoms with E-state index in [9.17, 15) is 28.8 Å². The zero-order valence-corrected chi connectivity index (χ0v) is 55.3. The first-order valence-electron chi connectivity index (χ1n) is 22.8. The lowest BCUT2D eigenvalue weighted by atomic mass is 9.94. The predicted molar refractivity (Wildman–Crippen MR) is 319 cm³/mol. The molecule has 0 saturated heterocycles. The molecule has 75 heavy (non-hydrogen) atoms. The van der Waals surface area contributed by atoms with Crippen molar-refractivity contribution in [2.24, 2.45) is 0 Å². The Morgan fingerprint density at radius 2 is 0.827 bits per heavy atom. The van der Waals surface area contributed by atoms with Crippen LogP contribution < -0.4 is 0 Å². The molecule has 0 aliphatic rings. The molecule has 12 nitrogen and oxygen atoms in total. The number of hydrogen-bond acceptors (Lipinski definition) is 18. The fourth-order valence-electron chi connectivity index (χ4n) is 6.23. The van der Waals surface area contributed by atoms with Crippen LogP contribution in [-0.2, 0) is 33.8 Å². The molecule has 0 fully saturated rings. The third-order valence-electron chi connectivity index (χ3n) is 10.2. The van der Waals surface area contributed by atoms with Gasteiger partial charge in [-0.2, -0.15) is 0 Å². The van der Waals surface area contributed by atoms with Crippen molar-refractivity contribution in [1.82, 2.24) is 0 Å². The van der Waals surface area contributed by atoms with Gasteiger partial charge in [0.2, 0.25) is 0 Å². The Kier molecular flexibility index (Phi) is 30.7. The maximum atomic E-state index is 11.5. The standard InChI is InChI=1S/C11H16O2S.C10H14O2S.C9H11BrO2S.C9H11ClO2S.C7H7BrO2S.C7H7ClO2S/c1-7-8(10(12)13-5)6-9(14-7)11(2,3)4;1-5-12-10(11)9-6(2)7(3)13-8(9)4;2*1-4-12-9(11)7-5(2)8(10)13-6(7)3;2*1-4-5(7(9)10-2)3-6(8)11-4/h6H,1-5H3;5H2,1-4H3;2*4H2,1-3H3;2*3H,1-2H3. The topological polar surface area (TPSA) is 158 Å². The van der Waals surface area contributed by atoms with Gasteiger partial charge in [-0.1, -0.05) is 44.0 Å². The van der Waals surface area contributed by atoms with E-state index in [1.807, 2.05) is 89.2 Å². The van der Waals surface area contributed by atoms with Gasteiger partial charge in [0.15, 0.2) is 0 Å². The summed E-state index contributed by atoms with van der Waals surface area (Å²) in [6, 6.07) is 5.32. The largest absolute Gasteiger partial charge is 0.465 e. The fourth-order valence-corrected chi connectivity index (χ4v) is 14.3. The summed E-state index contributed by atoms with van der Waals surface area (Å²) in [6.07, 6.45) is 0. The molecule has 6 rings (SSSR count). The molecule has 6 aromatic rings. The first-order valence-corrected chi connectivity index (χ1v) is 30.1. The van der Waals surface area contributed by atoms with Crippen LogP contribution >= 0.6 is 123 Å². The molecular formula is C53H66Br2Cl2O12S6. The van der Waals surface area contributed by atoms with Gasteiger partial charge in [-0.25, -0.2) is 28.8 Å². The Balaban J connectivity index is 0.000000451. The molecule has 0 radical (unpaired) electrons. The van der Waals surface area contributed by atoms with Crippen molar-refractivity contribution in [2.75, 3.05) is 41.2 Å². The van der Waals surface area contributed by atoms with Crippen LogP contribution in [0.2, 0.25) is 8.67 Å². The van der Waals surface area contributed by atoms with Gasteiger partial charge in [-0.05, 0) is 162 Å². The van der Waals surface area contributed by atoms with Gasteiger partial charge >= 0.3 is 35.8 Å². The minimum absolute atomic E-state index is 0.0989. The van der Waals surface area contributed by atoms with Crippen molar-refractivity contribution >= 4 is 159 Å². The van der Waals surface area contributed by atoms with Crippen LogP contribution in [0.3, 0.4) is 0 Å². The van der Waals surface area contributed by atoms with Gasteiger partial charge in [-0.15, -0.1) is 68.0 Å². The lowest BCUT2D eigenvalue weighted by Gasteiger charge is -2.15. The second kappa shape index (κ2) is 33.1. The minimum atomic E-state index is -0.328. The Hall–Kier alpha value is -3.44. The van der Waals surface area contributed by atoms with E-state index >= 15 is 0 Å². The molecule has 0 aliphatic carbocycles. The summed E-state index contributed by atoms with van der Waals surface area (Å²) in [5, 5.41) is 0. The lowest BCUT2D eigenvalue weighted by molar-refractivity contribution is 0.0515. The SMILES string of the molecule is CCOC(=O)c1c(C)sc(Br)c1C.CCOC(=O)c1c(C)sc(C)c1C.CCOC(=O)c1c(C)sc(Cl)c1C.COC(=O)c1cc(Br)sc1C.COC(=O)c1cc(C(C)(C)C)sc1C.COC(=O)c1cc(Cl)sc1C. The Bertz CT molecular complexity index is 2680. The number of esters is 6. The number of thiophene rings is 6. The third kappa shape index (κ3) is 21.0. The normalized spacial score (nSPS) is 10.3. The van der Waals surface area contributed by atoms with Crippen molar-refractivity contribution in [3.05, 3.63) is 124 Å². The van der Waals surface area contributed by atoms with Gasteiger partial charge in [0, 0.05) is 39.0 Å². The maximum absolute atomic E-state index is 11.5. The van der Waals surface area contributed by atoms with Crippen LogP contribution in [0.5, 0.6) is 0 Å². The highest BCUT2D eigenvalue weighted by Gasteiger charge is 2.23. The van der Waals surface area contributed by atoms with Crippen LogP contribution in [0.15, 0.2) is 25.8 Å². The predicted octanol–water partition coefficient (Wildman–Crippen LogP) is 17.6. The van der Waals surface area contributed by atoms with Crippen molar-refractivity contribution in [1.29, 1.82) is 0 Å². The van der Waals surface area contributed by atoms with E-state index in [0.29, 0.717) is 56.3 Å². The average molecular weight is 1320 g/mol. The van der Waals surface area contributed by atoms with Gasteiger partial charge in [0.05, 0.1) is 90.8 Å². The average Bonchev–Trinajstić information content (AvgIpc) is 4.16. The highest BCUT2D eigenvalue weighted by molar-refractivity contribution is 9.11. The number of hydrogen-bond donors (Lipinski definition) is 0. The van der Waals surface area contributed by atoms with Gasteiger partial charge in [0.1, 0.15) is 0 Å². The van der Waals surface area contributed by atoms with E-state index in [2.05, 4.69) is 62.1 Å². The van der Waals surface area contributed by atoms with E-state index in [1.54, 1.807) is 53.1 Å². The van der Waals surface area contributed by atoms with Crippen LogP contribution in [0.1, 0.15) is 159 Å². The first kappa shape index (κ1) is 69.6. The van der Waals surface area contributed by atoms with Gasteiger partial charge < -0.3 is 28.4 Å². The number of halogens is 4. The molecule has 0 unspecified atom stereocenters. The number of rotatable bonds is 9. The van der Waals surface area contributed by atoms with Crippen molar-refractivity contribution < 1.29 is 57.2 Å². The molecule has 0 aromatic carbocycles. The summed E-state index contributed by atoms with van der Waals surface area (Å²) in [5.41, 5.74) is 6.93. The smallest absolute Gasteiger partial charge is 0.339 e.